The Bertz CT molecular complexity index is 437. The van der Waals surface area contributed by atoms with Gasteiger partial charge < -0.3 is 10.5 Å². The van der Waals surface area contributed by atoms with E-state index in [-0.39, 0.29) is 6.10 Å². The molecule has 0 aromatic carbocycles. The third-order valence-corrected chi connectivity index (χ3v) is 2.27. The normalized spacial score (nSPS) is 13.2. The van der Waals surface area contributed by atoms with E-state index in [1.54, 1.807) is 13.3 Å². The molecule has 6 heteroatoms. The van der Waals surface area contributed by atoms with Crippen LogP contribution in [-0.4, -0.2) is 39.3 Å². The van der Waals surface area contributed by atoms with Gasteiger partial charge >= 0.3 is 0 Å². The van der Waals surface area contributed by atoms with Crippen molar-refractivity contribution in [3.63, 3.8) is 0 Å². The molecule has 0 bridgehead atoms. The van der Waals surface area contributed by atoms with Crippen molar-refractivity contribution in [1.29, 1.82) is 0 Å². The minimum Gasteiger partial charge on any atom is -0.380 e. The summed E-state index contributed by atoms with van der Waals surface area (Å²) in [6, 6.07) is 1.84. The lowest BCUT2D eigenvalue weighted by Crippen LogP contribution is -2.25. The van der Waals surface area contributed by atoms with Crippen LogP contribution in [0.15, 0.2) is 18.5 Å². The van der Waals surface area contributed by atoms with Crippen molar-refractivity contribution in [2.45, 2.75) is 12.5 Å². The Balaban J connectivity index is 2.28. The van der Waals surface area contributed by atoms with Gasteiger partial charge in [-0.3, -0.25) is 4.40 Å². The van der Waals surface area contributed by atoms with Gasteiger partial charge in [0.05, 0.1) is 6.10 Å². The summed E-state index contributed by atoms with van der Waals surface area (Å²) < 4.78 is 7.03. The van der Waals surface area contributed by atoms with E-state index in [4.69, 9.17) is 10.5 Å². The lowest BCUT2D eigenvalue weighted by atomic mass is 10.2. The van der Waals surface area contributed by atoms with E-state index in [9.17, 15) is 0 Å². The first-order chi connectivity index (χ1) is 7.35. The summed E-state index contributed by atoms with van der Waals surface area (Å²) in [5, 5.41) is 7.99. The van der Waals surface area contributed by atoms with Crippen LogP contribution in [0.25, 0.3) is 5.78 Å². The summed E-state index contributed by atoms with van der Waals surface area (Å²) in [6.07, 6.45) is 4.17. The molecular weight excluding hydrogens is 194 g/mol. The van der Waals surface area contributed by atoms with Gasteiger partial charge in [-0.25, -0.2) is 4.98 Å². The standard InChI is InChI=1S/C9H13N5O/c1-15-7(6-10)5-8-12-13-9-11-3-2-4-14(8)9/h2-4,7H,5-6,10H2,1H3. The highest BCUT2D eigenvalue weighted by atomic mass is 16.5. The fourth-order valence-electron chi connectivity index (χ4n) is 1.39. The van der Waals surface area contributed by atoms with E-state index in [0.29, 0.717) is 18.7 Å². The summed E-state index contributed by atoms with van der Waals surface area (Å²) in [4.78, 5) is 4.08. The molecule has 80 valence electrons. The number of ether oxygens (including phenoxy) is 1. The van der Waals surface area contributed by atoms with Gasteiger partial charge in [0.2, 0.25) is 0 Å². The molecule has 0 aliphatic carbocycles. The molecule has 0 spiro atoms. The molecule has 2 aromatic rings. The van der Waals surface area contributed by atoms with Crippen LogP contribution in [0.2, 0.25) is 0 Å². The van der Waals surface area contributed by atoms with Crippen LogP contribution in [-0.2, 0) is 11.2 Å². The van der Waals surface area contributed by atoms with Crippen molar-refractivity contribution in [3.8, 4) is 0 Å². The zero-order valence-corrected chi connectivity index (χ0v) is 8.50. The molecule has 2 aromatic heterocycles. The van der Waals surface area contributed by atoms with Crippen molar-refractivity contribution in [2.24, 2.45) is 5.73 Å². The number of hydrogen-bond acceptors (Lipinski definition) is 5. The molecule has 2 heterocycles. The summed E-state index contributed by atoms with van der Waals surface area (Å²) in [5.41, 5.74) is 5.55. The maximum atomic E-state index is 5.55. The number of rotatable bonds is 4. The van der Waals surface area contributed by atoms with Crippen molar-refractivity contribution in [1.82, 2.24) is 19.6 Å². The summed E-state index contributed by atoms with van der Waals surface area (Å²) in [6.45, 7) is 0.464. The fourth-order valence-corrected chi connectivity index (χ4v) is 1.39. The summed E-state index contributed by atoms with van der Waals surface area (Å²) in [5.74, 6) is 1.41. The van der Waals surface area contributed by atoms with Gasteiger partial charge in [0.1, 0.15) is 5.82 Å². The first-order valence-corrected chi connectivity index (χ1v) is 4.72. The van der Waals surface area contributed by atoms with Crippen molar-refractivity contribution < 1.29 is 4.74 Å². The van der Waals surface area contributed by atoms with Crippen molar-refractivity contribution >= 4 is 5.78 Å². The summed E-state index contributed by atoms with van der Waals surface area (Å²) >= 11 is 0. The van der Waals surface area contributed by atoms with Crippen molar-refractivity contribution in [3.05, 3.63) is 24.3 Å². The van der Waals surface area contributed by atoms with E-state index in [1.165, 1.54) is 0 Å². The zero-order chi connectivity index (χ0) is 10.7. The van der Waals surface area contributed by atoms with Gasteiger partial charge in [0, 0.05) is 32.5 Å². The Hall–Kier alpha value is -1.53. The minimum absolute atomic E-state index is 0.0300. The van der Waals surface area contributed by atoms with Crippen LogP contribution in [0, 0.1) is 0 Å². The number of methoxy groups -OCH3 is 1. The Labute approximate surface area is 87.1 Å². The first-order valence-electron chi connectivity index (χ1n) is 4.72. The molecular formula is C9H13N5O. The topological polar surface area (TPSA) is 78.3 Å². The molecule has 0 aliphatic rings. The maximum absolute atomic E-state index is 5.55. The largest absolute Gasteiger partial charge is 0.380 e. The van der Waals surface area contributed by atoms with E-state index in [2.05, 4.69) is 15.2 Å². The smallest absolute Gasteiger partial charge is 0.254 e. The molecule has 2 rings (SSSR count). The molecule has 0 saturated carbocycles. The highest BCUT2D eigenvalue weighted by Crippen LogP contribution is 2.04. The minimum atomic E-state index is -0.0300. The Morgan fingerprint density at radius 1 is 1.53 bits per heavy atom. The maximum Gasteiger partial charge on any atom is 0.254 e. The van der Waals surface area contributed by atoms with E-state index < -0.39 is 0 Å². The quantitative estimate of drug-likeness (QED) is 0.740. The monoisotopic (exact) mass is 207 g/mol. The van der Waals surface area contributed by atoms with Crippen LogP contribution in [0.1, 0.15) is 5.82 Å². The van der Waals surface area contributed by atoms with Crippen LogP contribution in [0.3, 0.4) is 0 Å². The Morgan fingerprint density at radius 2 is 2.40 bits per heavy atom. The molecule has 0 amide bonds. The number of fused-ring (bicyclic) bond motifs is 1. The second kappa shape index (κ2) is 4.33. The summed E-state index contributed by atoms with van der Waals surface area (Å²) in [7, 11) is 1.64. The molecule has 2 N–H and O–H groups in total. The molecule has 6 nitrogen and oxygen atoms in total. The Kier molecular flexibility index (Phi) is 2.89. The number of aromatic nitrogens is 4. The molecule has 0 aliphatic heterocycles. The molecule has 1 atom stereocenters. The zero-order valence-electron chi connectivity index (χ0n) is 8.50. The number of nitrogens with zero attached hydrogens (tertiary/aromatic N) is 4. The fraction of sp³-hybridized carbons (Fsp3) is 0.444. The first kappa shape index (κ1) is 10.0. The predicted molar refractivity (Wildman–Crippen MR) is 54.3 cm³/mol. The lowest BCUT2D eigenvalue weighted by molar-refractivity contribution is 0.108. The van der Waals surface area contributed by atoms with Gasteiger partial charge in [-0.1, -0.05) is 0 Å². The van der Waals surface area contributed by atoms with E-state index >= 15 is 0 Å². The molecule has 0 fully saturated rings. The third kappa shape index (κ3) is 1.95. The van der Waals surface area contributed by atoms with Crippen LogP contribution in [0.4, 0.5) is 0 Å². The van der Waals surface area contributed by atoms with Crippen LogP contribution < -0.4 is 5.73 Å². The molecule has 15 heavy (non-hydrogen) atoms. The molecule has 0 radical (unpaired) electrons. The number of nitrogens with two attached hydrogens (primary N) is 1. The van der Waals surface area contributed by atoms with Crippen LogP contribution >= 0.6 is 0 Å². The highest BCUT2D eigenvalue weighted by molar-refractivity contribution is 5.26. The van der Waals surface area contributed by atoms with E-state index in [0.717, 1.165) is 5.82 Å². The van der Waals surface area contributed by atoms with Gasteiger partial charge in [-0.05, 0) is 6.07 Å². The molecule has 0 saturated heterocycles. The molecule has 1 unspecified atom stereocenters. The highest BCUT2D eigenvalue weighted by Gasteiger charge is 2.11. The predicted octanol–water partition coefficient (Wildman–Crippen LogP) is -0.360. The van der Waals surface area contributed by atoms with Gasteiger partial charge in [-0.2, -0.15) is 0 Å². The average Bonchev–Trinajstić information content (AvgIpc) is 2.69. The SMILES string of the molecule is COC(CN)Cc1nnc2ncccn12. The van der Waals surface area contributed by atoms with Crippen molar-refractivity contribution in [2.75, 3.05) is 13.7 Å². The van der Waals surface area contributed by atoms with E-state index in [1.807, 2.05) is 16.7 Å². The van der Waals surface area contributed by atoms with Gasteiger partial charge in [-0.15, -0.1) is 10.2 Å². The average molecular weight is 207 g/mol. The lowest BCUT2D eigenvalue weighted by Gasteiger charge is -2.10. The van der Waals surface area contributed by atoms with Gasteiger partial charge in [0.15, 0.2) is 0 Å². The second-order valence-corrected chi connectivity index (χ2v) is 3.20. The Morgan fingerprint density at radius 3 is 3.13 bits per heavy atom. The second-order valence-electron chi connectivity index (χ2n) is 3.20. The van der Waals surface area contributed by atoms with Gasteiger partial charge in [0.25, 0.3) is 5.78 Å². The number of hydrogen-bond donors (Lipinski definition) is 1. The van der Waals surface area contributed by atoms with Crippen LogP contribution in [0.5, 0.6) is 0 Å². The third-order valence-electron chi connectivity index (χ3n) is 2.27.